The predicted molar refractivity (Wildman–Crippen MR) is 103 cm³/mol. The number of aromatic amines is 1. The summed E-state index contributed by atoms with van der Waals surface area (Å²) < 4.78 is 0. The van der Waals surface area contributed by atoms with Gasteiger partial charge in [0.05, 0.1) is 18.4 Å². The van der Waals surface area contributed by atoms with Gasteiger partial charge < -0.3 is 16.0 Å². The molecular weight excluding hydrogens is 312 g/mol. The Balaban J connectivity index is 1.60. The van der Waals surface area contributed by atoms with Gasteiger partial charge in [-0.05, 0) is 37.5 Å². The average Bonchev–Trinajstić information content (AvgIpc) is 3.09. The molecule has 3 rings (SSSR count). The number of hydrogen-bond acceptors (Lipinski definition) is 4. The number of rotatable bonds is 7. The van der Waals surface area contributed by atoms with Crippen molar-refractivity contribution in [2.24, 2.45) is 10.7 Å². The van der Waals surface area contributed by atoms with E-state index in [0.29, 0.717) is 6.54 Å². The SMILES string of the molecule is CN(CCN)Cc1cn[nH]c1C1=CNC(=NCC2=CC=CCC2)CC1. The third kappa shape index (κ3) is 4.90. The fraction of sp³-hybridized carbons (Fsp3) is 0.474. The molecule has 0 atom stereocenters. The second-order valence-electron chi connectivity index (χ2n) is 6.67. The van der Waals surface area contributed by atoms with E-state index in [0.717, 1.165) is 56.8 Å². The van der Waals surface area contributed by atoms with Crippen molar-refractivity contribution in [3.8, 4) is 0 Å². The Morgan fingerprint density at radius 3 is 2.96 bits per heavy atom. The summed E-state index contributed by atoms with van der Waals surface area (Å²) >= 11 is 0. The molecule has 1 aliphatic carbocycles. The molecule has 4 N–H and O–H groups in total. The van der Waals surface area contributed by atoms with Gasteiger partial charge in [-0.1, -0.05) is 18.2 Å². The number of amidine groups is 1. The van der Waals surface area contributed by atoms with E-state index in [2.05, 4.69) is 51.9 Å². The van der Waals surface area contributed by atoms with Gasteiger partial charge in [-0.25, -0.2) is 0 Å². The van der Waals surface area contributed by atoms with Gasteiger partial charge in [0.25, 0.3) is 0 Å². The van der Waals surface area contributed by atoms with Crippen molar-refractivity contribution in [2.75, 3.05) is 26.7 Å². The molecule has 0 amide bonds. The van der Waals surface area contributed by atoms with Gasteiger partial charge in [0.1, 0.15) is 5.84 Å². The summed E-state index contributed by atoms with van der Waals surface area (Å²) in [5, 5.41) is 10.7. The van der Waals surface area contributed by atoms with Gasteiger partial charge in [0.15, 0.2) is 0 Å². The average molecular weight is 340 g/mol. The molecule has 6 heteroatoms. The van der Waals surface area contributed by atoms with E-state index in [1.807, 2.05) is 6.20 Å². The summed E-state index contributed by atoms with van der Waals surface area (Å²) in [5.74, 6) is 1.07. The minimum Gasteiger partial charge on any atom is -0.350 e. The van der Waals surface area contributed by atoms with Crippen LogP contribution in [-0.4, -0.2) is 47.6 Å². The van der Waals surface area contributed by atoms with E-state index in [9.17, 15) is 0 Å². The predicted octanol–water partition coefficient (Wildman–Crippen LogP) is 2.20. The molecule has 1 aromatic rings. The molecule has 1 aromatic heterocycles. The van der Waals surface area contributed by atoms with Crippen LogP contribution < -0.4 is 11.1 Å². The largest absolute Gasteiger partial charge is 0.350 e. The van der Waals surface area contributed by atoms with Gasteiger partial charge >= 0.3 is 0 Å². The number of aromatic nitrogens is 2. The zero-order valence-electron chi connectivity index (χ0n) is 15.0. The maximum Gasteiger partial charge on any atom is 0.101 e. The highest BCUT2D eigenvalue weighted by Crippen LogP contribution is 2.24. The van der Waals surface area contributed by atoms with E-state index >= 15 is 0 Å². The smallest absolute Gasteiger partial charge is 0.101 e. The number of aliphatic imine (C=N–C) groups is 1. The van der Waals surface area contributed by atoms with E-state index in [-0.39, 0.29) is 0 Å². The lowest BCUT2D eigenvalue weighted by Gasteiger charge is -2.19. The van der Waals surface area contributed by atoms with E-state index in [1.54, 1.807) is 0 Å². The first kappa shape index (κ1) is 17.6. The Bertz CT molecular complexity index is 695. The Morgan fingerprint density at radius 1 is 1.32 bits per heavy atom. The highest BCUT2D eigenvalue weighted by molar-refractivity contribution is 5.88. The van der Waals surface area contributed by atoms with Crippen LogP contribution in [0, 0.1) is 0 Å². The van der Waals surface area contributed by atoms with E-state index in [4.69, 9.17) is 10.7 Å². The van der Waals surface area contributed by atoms with E-state index in [1.165, 1.54) is 16.7 Å². The first-order valence-electron chi connectivity index (χ1n) is 9.01. The highest BCUT2D eigenvalue weighted by atomic mass is 15.1. The number of hydrogen-bond donors (Lipinski definition) is 3. The zero-order chi connectivity index (χ0) is 17.5. The number of nitrogens with one attached hydrogen (secondary N) is 2. The first-order chi connectivity index (χ1) is 12.3. The van der Waals surface area contributed by atoms with Crippen molar-refractivity contribution in [3.05, 3.63) is 47.5 Å². The Kier molecular flexibility index (Phi) is 6.19. The van der Waals surface area contributed by atoms with Crippen molar-refractivity contribution < 1.29 is 0 Å². The van der Waals surface area contributed by atoms with Crippen LogP contribution in [0.3, 0.4) is 0 Å². The lowest BCUT2D eigenvalue weighted by atomic mass is 10.0. The maximum absolute atomic E-state index is 5.63. The van der Waals surface area contributed by atoms with Gasteiger partial charge in [0.2, 0.25) is 0 Å². The van der Waals surface area contributed by atoms with Gasteiger partial charge in [-0.2, -0.15) is 5.10 Å². The summed E-state index contributed by atoms with van der Waals surface area (Å²) in [6.45, 7) is 3.20. The Labute approximate surface area is 149 Å². The Hall–Kier alpha value is -2.18. The normalized spacial score (nSPS) is 19.1. The van der Waals surface area contributed by atoms with Crippen LogP contribution in [0.1, 0.15) is 36.9 Å². The van der Waals surface area contributed by atoms with Crippen molar-refractivity contribution in [1.82, 2.24) is 20.4 Å². The topological polar surface area (TPSA) is 82.3 Å². The second kappa shape index (κ2) is 8.78. The standard InChI is InChI=1S/C19H28N6/c1-25(10-9-20)14-17-13-23-24-19(17)16-7-8-18(22-12-16)21-11-15-5-3-2-4-6-15/h2-3,5,12-13H,4,6-11,14,20H2,1H3,(H,21,22)(H,23,24). The molecule has 1 aliphatic heterocycles. The number of allylic oxidation sites excluding steroid dienone is 4. The summed E-state index contributed by atoms with van der Waals surface area (Å²) in [6.07, 6.45) is 14.7. The Morgan fingerprint density at radius 2 is 2.24 bits per heavy atom. The van der Waals surface area contributed by atoms with Crippen LogP contribution in [-0.2, 0) is 6.54 Å². The number of likely N-dealkylation sites (N-methyl/N-ethyl adjacent to an activating group) is 1. The number of nitrogens with zero attached hydrogens (tertiary/aromatic N) is 3. The van der Waals surface area contributed by atoms with Crippen molar-refractivity contribution in [2.45, 2.75) is 32.2 Å². The van der Waals surface area contributed by atoms with Gasteiger partial charge in [-0.3, -0.25) is 10.1 Å². The monoisotopic (exact) mass is 340 g/mol. The second-order valence-corrected chi connectivity index (χ2v) is 6.67. The lowest BCUT2D eigenvalue weighted by molar-refractivity contribution is 0.336. The summed E-state index contributed by atoms with van der Waals surface area (Å²) in [4.78, 5) is 6.94. The molecule has 2 heterocycles. The highest BCUT2D eigenvalue weighted by Gasteiger charge is 2.16. The summed E-state index contributed by atoms with van der Waals surface area (Å²) in [7, 11) is 2.08. The van der Waals surface area contributed by atoms with Crippen molar-refractivity contribution in [3.63, 3.8) is 0 Å². The molecule has 2 aliphatic rings. The van der Waals surface area contributed by atoms with Crippen LogP contribution in [0.5, 0.6) is 0 Å². The number of nitrogens with two attached hydrogens (primary N) is 1. The quantitative estimate of drug-likeness (QED) is 0.711. The summed E-state index contributed by atoms with van der Waals surface area (Å²) in [5.41, 5.74) is 10.6. The van der Waals surface area contributed by atoms with Gasteiger partial charge in [-0.15, -0.1) is 0 Å². The molecule has 0 unspecified atom stereocenters. The fourth-order valence-electron chi connectivity index (χ4n) is 3.17. The number of H-pyrrole nitrogens is 1. The maximum atomic E-state index is 5.63. The third-order valence-electron chi connectivity index (χ3n) is 4.61. The van der Waals surface area contributed by atoms with Crippen LogP contribution in [0.25, 0.3) is 5.57 Å². The molecule has 0 bridgehead atoms. The first-order valence-corrected chi connectivity index (χ1v) is 9.01. The van der Waals surface area contributed by atoms with Crippen molar-refractivity contribution in [1.29, 1.82) is 0 Å². The lowest BCUT2D eigenvalue weighted by Crippen LogP contribution is -2.26. The summed E-state index contributed by atoms with van der Waals surface area (Å²) in [6, 6.07) is 0. The molecule has 0 spiro atoms. The molecule has 0 radical (unpaired) electrons. The van der Waals surface area contributed by atoms with Crippen LogP contribution in [0.15, 0.2) is 41.2 Å². The van der Waals surface area contributed by atoms with E-state index < -0.39 is 0 Å². The van der Waals surface area contributed by atoms with Gasteiger partial charge in [0, 0.05) is 37.8 Å². The molecule has 25 heavy (non-hydrogen) atoms. The molecule has 6 nitrogen and oxygen atoms in total. The zero-order valence-corrected chi connectivity index (χ0v) is 15.0. The molecular formula is C19H28N6. The molecule has 0 saturated heterocycles. The minimum atomic E-state index is 0.667. The fourth-order valence-corrected chi connectivity index (χ4v) is 3.17. The molecule has 0 aromatic carbocycles. The van der Waals surface area contributed by atoms with Crippen LogP contribution in [0.2, 0.25) is 0 Å². The third-order valence-corrected chi connectivity index (χ3v) is 4.61. The molecule has 0 saturated carbocycles. The molecule has 0 fully saturated rings. The van der Waals surface area contributed by atoms with Crippen LogP contribution >= 0.6 is 0 Å². The molecule has 134 valence electrons. The van der Waals surface area contributed by atoms with Crippen LogP contribution in [0.4, 0.5) is 0 Å². The van der Waals surface area contributed by atoms with Crippen molar-refractivity contribution >= 4 is 11.4 Å². The minimum absolute atomic E-state index is 0.667.